The Labute approximate surface area is 70.3 Å². The molecule has 0 aromatic rings. The Bertz CT molecular complexity index is 117. The van der Waals surface area contributed by atoms with Crippen molar-refractivity contribution in [2.45, 2.75) is 35.1 Å². The lowest BCUT2D eigenvalue weighted by atomic mass is 10.4. The van der Waals surface area contributed by atoms with Crippen LogP contribution < -0.4 is 0 Å². The first kappa shape index (κ1) is 16.7. The molecule has 0 aliphatic carbocycles. The number of carbonyl (C=O) groups is 1. The second-order valence-electron chi connectivity index (χ2n) is 1.92. The standard InChI is InChI=1S/C7H12O2.2CH4/c1-4-5-9-7(8)6(2)3;;/h2,4-5H2,1,3H3;2*1H4. The zero-order chi connectivity index (χ0) is 7.28. The van der Waals surface area contributed by atoms with Crippen LogP contribution >= 0.6 is 0 Å². The molecule has 0 aliphatic rings. The van der Waals surface area contributed by atoms with Gasteiger partial charge < -0.3 is 4.74 Å². The van der Waals surface area contributed by atoms with Crippen LogP contribution in [0, 0.1) is 0 Å². The van der Waals surface area contributed by atoms with Gasteiger partial charge in [-0.15, -0.1) is 0 Å². The van der Waals surface area contributed by atoms with Gasteiger partial charge in [-0.05, 0) is 13.3 Å². The van der Waals surface area contributed by atoms with Crippen LogP contribution in [0.4, 0.5) is 0 Å². The number of rotatable bonds is 3. The van der Waals surface area contributed by atoms with E-state index in [4.69, 9.17) is 4.74 Å². The van der Waals surface area contributed by atoms with Gasteiger partial charge in [0.1, 0.15) is 0 Å². The molecule has 0 radical (unpaired) electrons. The van der Waals surface area contributed by atoms with Gasteiger partial charge in [0.2, 0.25) is 0 Å². The molecular weight excluding hydrogens is 140 g/mol. The van der Waals surface area contributed by atoms with E-state index in [-0.39, 0.29) is 20.8 Å². The summed E-state index contributed by atoms with van der Waals surface area (Å²) in [6.07, 6.45) is 0.860. The molecule has 2 heteroatoms. The molecule has 0 saturated heterocycles. The molecule has 0 aliphatic heterocycles. The van der Waals surface area contributed by atoms with Crippen LogP contribution in [0.15, 0.2) is 12.2 Å². The normalized spacial score (nSPS) is 7.09. The molecule has 0 unspecified atom stereocenters. The molecule has 0 fully saturated rings. The number of ether oxygens (including phenoxy) is 1. The van der Waals surface area contributed by atoms with Gasteiger partial charge in [-0.25, -0.2) is 4.79 Å². The fourth-order valence-electron chi connectivity index (χ4n) is 0.318. The predicted octanol–water partition coefficient (Wildman–Crippen LogP) is 2.79. The Hall–Kier alpha value is -0.790. The van der Waals surface area contributed by atoms with E-state index in [0.29, 0.717) is 12.2 Å². The zero-order valence-corrected chi connectivity index (χ0v) is 5.94. The Morgan fingerprint density at radius 1 is 1.45 bits per heavy atom. The SMILES string of the molecule is C.C.C=C(C)C(=O)OCCC. The topological polar surface area (TPSA) is 26.3 Å². The van der Waals surface area contributed by atoms with Gasteiger partial charge in [0.25, 0.3) is 0 Å². The van der Waals surface area contributed by atoms with Crippen LogP contribution in [-0.4, -0.2) is 12.6 Å². The maximum atomic E-state index is 10.6. The predicted molar refractivity (Wildman–Crippen MR) is 49.5 cm³/mol. The molecule has 0 aromatic heterocycles. The van der Waals surface area contributed by atoms with E-state index in [0.717, 1.165) is 6.42 Å². The summed E-state index contributed by atoms with van der Waals surface area (Å²) in [5, 5.41) is 0. The summed E-state index contributed by atoms with van der Waals surface area (Å²) in [5.74, 6) is -0.295. The zero-order valence-electron chi connectivity index (χ0n) is 5.94. The summed E-state index contributed by atoms with van der Waals surface area (Å²) in [4.78, 5) is 10.6. The van der Waals surface area contributed by atoms with Crippen molar-refractivity contribution in [3.8, 4) is 0 Å². The van der Waals surface area contributed by atoms with Gasteiger partial charge >= 0.3 is 5.97 Å². The van der Waals surface area contributed by atoms with Crippen LogP contribution in [0.5, 0.6) is 0 Å². The van der Waals surface area contributed by atoms with Crippen molar-refractivity contribution in [3.05, 3.63) is 12.2 Å². The summed E-state index contributed by atoms with van der Waals surface area (Å²) in [6, 6.07) is 0. The van der Waals surface area contributed by atoms with Crippen LogP contribution in [0.3, 0.4) is 0 Å². The van der Waals surface area contributed by atoms with Crippen molar-refractivity contribution in [2.75, 3.05) is 6.61 Å². The maximum absolute atomic E-state index is 10.6. The lowest BCUT2D eigenvalue weighted by molar-refractivity contribution is -0.138. The lowest BCUT2D eigenvalue weighted by Gasteiger charge is -1.99. The van der Waals surface area contributed by atoms with E-state index in [2.05, 4.69) is 6.58 Å². The quantitative estimate of drug-likeness (QED) is 0.468. The molecule has 0 spiro atoms. The number of hydrogen-bond acceptors (Lipinski definition) is 2. The highest BCUT2D eigenvalue weighted by atomic mass is 16.5. The van der Waals surface area contributed by atoms with Gasteiger partial charge in [0, 0.05) is 5.57 Å². The molecule has 2 nitrogen and oxygen atoms in total. The van der Waals surface area contributed by atoms with Crippen LogP contribution in [0.2, 0.25) is 0 Å². The minimum atomic E-state index is -0.295. The highest BCUT2D eigenvalue weighted by molar-refractivity contribution is 5.86. The Kier molecular flexibility index (Phi) is 13.9. The van der Waals surface area contributed by atoms with E-state index in [1.165, 1.54) is 0 Å². The van der Waals surface area contributed by atoms with Gasteiger partial charge in [-0.3, -0.25) is 0 Å². The van der Waals surface area contributed by atoms with Crippen molar-refractivity contribution in [1.29, 1.82) is 0 Å². The highest BCUT2D eigenvalue weighted by Crippen LogP contribution is 1.91. The molecular formula is C9H20O2. The smallest absolute Gasteiger partial charge is 0.333 e. The van der Waals surface area contributed by atoms with Crippen LogP contribution in [-0.2, 0) is 9.53 Å². The molecule has 0 amide bonds. The molecule has 0 bridgehead atoms. The largest absolute Gasteiger partial charge is 0.462 e. The van der Waals surface area contributed by atoms with Crippen molar-refractivity contribution >= 4 is 5.97 Å². The molecule has 11 heavy (non-hydrogen) atoms. The molecule has 0 aromatic carbocycles. The summed E-state index contributed by atoms with van der Waals surface area (Å²) in [7, 11) is 0. The maximum Gasteiger partial charge on any atom is 0.333 e. The van der Waals surface area contributed by atoms with E-state index < -0.39 is 0 Å². The second-order valence-corrected chi connectivity index (χ2v) is 1.92. The van der Waals surface area contributed by atoms with Crippen molar-refractivity contribution < 1.29 is 9.53 Å². The first-order chi connectivity index (χ1) is 4.18. The van der Waals surface area contributed by atoms with E-state index in [1.807, 2.05) is 6.92 Å². The highest BCUT2D eigenvalue weighted by Gasteiger charge is 1.99. The van der Waals surface area contributed by atoms with E-state index in [1.54, 1.807) is 6.92 Å². The van der Waals surface area contributed by atoms with Gasteiger partial charge in [0.15, 0.2) is 0 Å². The molecule has 0 N–H and O–H groups in total. The van der Waals surface area contributed by atoms with Gasteiger partial charge in [-0.1, -0.05) is 28.4 Å². The third-order valence-electron chi connectivity index (χ3n) is 0.786. The molecule has 0 rings (SSSR count). The monoisotopic (exact) mass is 160 g/mol. The third kappa shape index (κ3) is 9.21. The molecule has 68 valence electrons. The number of carbonyl (C=O) groups excluding carboxylic acids is 1. The minimum Gasteiger partial charge on any atom is -0.462 e. The van der Waals surface area contributed by atoms with Gasteiger partial charge in [-0.2, -0.15) is 0 Å². The number of hydrogen-bond donors (Lipinski definition) is 0. The van der Waals surface area contributed by atoms with Gasteiger partial charge in [0.05, 0.1) is 6.61 Å². The van der Waals surface area contributed by atoms with Crippen LogP contribution in [0.1, 0.15) is 35.1 Å². The number of esters is 1. The average Bonchev–Trinajstić information content (AvgIpc) is 1.82. The third-order valence-corrected chi connectivity index (χ3v) is 0.786. The van der Waals surface area contributed by atoms with Crippen molar-refractivity contribution in [1.82, 2.24) is 0 Å². The lowest BCUT2D eigenvalue weighted by Crippen LogP contribution is -2.04. The summed E-state index contributed by atoms with van der Waals surface area (Å²) in [5.41, 5.74) is 0.462. The van der Waals surface area contributed by atoms with E-state index in [9.17, 15) is 4.79 Å². The Balaban J connectivity index is -0.000000320. The average molecular weight is 160 g/mol. The first-order valence-electron chi connectivity index (χ1n) is 3.01. The van der Waals surface area contributed by atoms with E-state index >= 15 is 0 Å². The molecule has 0 saturated carbocycles. The Morgan fingerprint density at radius 2 is 1.91 bits per heavy atom. The summed E-state index contributed by atoms with van der Waals surface area (Å²) < 4.78 is 4.71. The van der Waals surface area contributed by atoms with Crippen molar-refractivity contribution in [2.24, 2.45) is 0 Å². The molecule has 0 atom stereocenters. The molecule has 0 heterocycles. The second kappa shape index (κ2) is 9.21. The van der Waals surface area contributed by atoms with Crippen molar-refractivity contribution in [3.63, 3.8) is 0 Å². The first-order valence-corrected chi connectivity index (χ1v) is 3.01. The summed E-state index contributed by atoms with van der Waals surface area (Å²) in [6.45, 7) is 7.51. The minimum absolute atomic E-state index is 0. The van der Waals surface area contributed by atoms with Crippen LogP contribution in [0.25, 0.3) is 0 Å². The fourth-order valence-corrected chi connectivity index (χ4v) is 0.318. The fraction of sp³-hybridized carbons (Fsp3) is 0.667. The summed E-state index contributed by atoms with van der Waals surface area (Å²) >= 11 is 0. The Morgan fingerprint density at radius 3 is 2.18 bits per heavy atom.